The van der Waals surface area contributed by atoms with Crippen molar-refractivity contribution in [1.29, 1.82) is 0 Å². The predicted molar refractivity (Wildman–Crippen MR) is 113 cm³/mol. The molecule has 0 aliphatic heterocycles. The van der Waals surface area contributed by atoms with Gasteiger partial charge in [-0.15, -0.1) is 0 Å². The van der Waals surface area contributed by atoms with Crippen LogP contribution in [0.25, 0.3) is 22.3 Å². The summed E-state index contributed by atoms with van der Waals surface area (Å²) in [6.07, 6.45) is 6.14. The van der Waals surface area contributed by atoms with Crippen molar-refractivity contribution in [3.05, 3.63) is 46.0 Å². The van der Waals surface area contributed by atoms with Crippen molar-refractivity contribution < 1.29 is 13.0 Å². The maximum atomic E-state index is 10.3. The molecule has 2 aromatic rings. The second kappa shape index (κ2) is 9.69. The molecule has 0 bridgehead atoms. The molecular formula is C20H25IO3S. The third-order valence-corrected chi connectivity index (χ3v) is 5.96. The fourth-order valence-electron chi connectivity index (χ4n) is 2.96. The van der Waals surface area contributed by atoms with Gasteiger partial charge < -0.3 is 0 Å². The lowest BCUT2D eigenvalue weighted by Crippen LogP contribution is -2.03. The molecule has 25 heavy (non-hydrogen) atoms. The average Bonchev–Trinajstić information content (AvgIpc) is 2.55. The summed E-state index contributed by atoms with van der Waals surface area (Å²) in [6, 6.07) is 15.1. The Bertz CT molecular complexity index is 800. The Morgan fingerprint density at radius 1 is 0.840 bits per heavy atom. The molecule has 3 nitrogen and oxygen atoms in total. The average molecular weight is 472 g/mol. The molecule has 0 unspecified atom stereocenters. The number of hydrogen-bond acceptors (Lipinski definition) is 2. The maximum Gasteiger partial charge on any atom is 0.264 e. The van der Waals surface area contributed by atoms with Gasteiger partial charge in [0.15, 0.2) is 0 Å². The lowest BCUT2D eigenvalue weighted by Gasteiger charge is -2.24. The smallest absolute Gasteiger partial charge is 0.264 e. The zero-order valence-electron chi connectivity index (χ0n) is 14.5. The summed E-state index contributed by atoms with van der Waals surface area (Å²) in [5, 5.41) is 0. The summed E-state index contributed by atoms with van der Waals surface area (Å²) in [7, 11) is -3.72. The van der Waals surface area contributed by atoms with Gasteiger partial charge in [0.25, 0.3) is 10.1 Å². The number of hydrogen-bond donors (Lipinski definition) is 1. The van der Waals surface area contributed by atoms with Gasteiger partial charge in [0, 0.05) is 9.13 Å². The van der Waals surface area contributed by atoms with Gasteiger partial charge in [-0.1, -0.05) is 75.4 Å². The van der Waals surface area contributed by atoms with Gasteiger partial charge in [0.1, 0.15) is 0 Å². The van der Waals surface area contributed by atoms with Crippen molar-refractivity contribution in [1.82, 2.24) is 0 Å². The Morgan fingerprint density at radius 3 is 2.12 bits per heavy atom. The van der Waals surface area contributed by atoms with E-state index in [0.717, 1.165) is 12.8 Å². The molecule has 1 N–H and O–H groups in total. The highest BCUT2D eigenvalue weighted by Gasteiger charge is 2.22. The van der Waals surface area contributed by atoms with Crippen LogP contribution >= 0.6 is 22.6 Å². The van der Waals surface area contributed by atoms with Gasteiger partial charge in [-0.3, -0.25) is 4.55 Å². The molecular weight excluding hydrogens is 447 g/mol. The minimum absolute atomic E-state index is 0.0842. The summed E-state index contributed by atoms with van der Waals surface area (Å²) in [5.41, 5.74) is 5.64. The first-order valence-electron chi connectivity index (χ1n) is 8.77. The Morgan fingerprint density at radius 2 is 1.44 bits per heavy atom. The molecule has 1 aliphatic rings. The summed E-state index contributed by atoms with van der Waals surface area (Å²) in [4.78, 5) is 0. The van der Waals surface area contributed by atoms with Crippen molar-refractivity contribution in [2.75, 3.05) is 5.75 Å². The molecule has 0 spiro atoms. The van der Waals surface area contributed by atoms with Crippen LogP contribution in [0.4, 0.5) is 0 Å². The van der Waals surface area contributed by atoms with Crippen LogP contribution in [-0.2, 0) is 10.1 Å². The third-order valence-electron chi connectivity index (χ3n) is 4.26. The predicted octanol–water partition coefficient (Wildman–Crippen LogP) is 6.17. The van der Waals surface area contributed by atoms with E-state index in [1.165, 1.54) is 45.1 Å². The largest absolute Gasteiger partial charge is 0.286 e. The van der Waals surface area contributed by atoms with Crippen LogP contribution in [0, 0.1) is 3.57 Å². The molecule has 0 amide bonds. The van der Waals surface area contributed by atoms with Crippen LogP contribution in [-0.4, -0.2) is 18.7 Å². The summed E-state index contributed by atoms with van der Waals surface area (Å²) in [6.45, 7) is 2.14. The van der Waals surface area contributed by atoms with E-state index in [1.54, 1.807) is 0 Å². The molecule has 0 aromatic heterocycles. The zero-order chi connectivity index (χ0) is 18.3. The number of fused-ring (bicyclic) bond motifs is 4. The summed E-state index contributed by atoms with van der Waals surface area (Å²) < 4.78 is 30.3. The summed E-state index contributed by atoms with van der Waals surface area (Å²) in [5.74, 6) is -0.0842. The second-order valence-corrected chi connectivity index (χ2v) is 9.00. The quantitative estimate of drug-likeness (QED) is 0.254. The molecule has 0 saturated heterocycles. The second-order valence-electron chi connectivity index (χ2n) is 6.26. The van der Waals surface area contributed by atoms with Crippen molar-refractivity contribution in [2.45, 2.75) is 45.4 Å². The molecule has 1 aliphatic carbocycles. The Hall–Kier alpha value is -0.920. The van der Waals surface area contributed by atoms with Crippen LogP contribution in [0.3, 0.4) is 0 Å². The van der Waals surface area contributed by atoms with E-state index in [0.29, 0.717) is 6.42 Å². The van der Waals surface area contributed by atoms with E-state index in [9.17, 15) is 8.42 Å². The lowest BCUT2D eigenvalue weighted by molar-refractivity contribution is 0.478. The molecule has 2 aromatic carbocycles. The van der Waals surface area contributed by atoms with Gasteiger partial charge in [-0.2, -0.15) is 8.42 Å². The Balaban J connectivity index is 0.000000182. The van der Waals surface area contributed by atoms with E-state index >= 15 is 0 Å². The van der Waals surface area contributed by atoms with Gasteiger partial charge in [-0.25, -0.2) is 0 Å². The van der Waals surface area contributed by atoms with E-state index in [-0.39, 0.29) is 5.75 Å². The van der Waals surface area contributed by atoms with Gasteiger partial charge >= 0.3 is 0 Å². The highest BCUT2D eigenvalue weighted by Crippen LogP contribution is 2.48. The lowest BCUT2D eigenvalue weighted by atomic mass is 9.81. The topological polar surface area (TPSA) is 54.4 Å². The van der Waals surface area contributed by atoms with Crippen LogP contribution < -0.4 is 0 Å². The monoisotopic (exact) mass is 472 g/mol. The molecule has 0 fully saturated rings. The maximum absolute atomic E-state index is 10.3. The highest BCUT2D eigenvalue weighted by atomic mass is 127. The normalized spacial score (nSPS) is 11.6. The van der Waals surface area contributed by atoms with Crippen molar-refractivity contribution in [3.63, 3.8) is 0 Å². The van der Waals surface area contributed by atoms with Crippen LogP contribution in [0.1, 0.15) is 45.4 Å². The molecule has 136 valence electrons. The van der Waals surface area contributed by atoms with E-state index in [4.69, 9.17) is 4.55 Å². The van der Waals surface area contributed by atoms with E-state index in [1.807, 2.05) is 0 Å². The van der Waals surface area contributed by atoms with Crippen molar-refractivity contribution in [3.8, 4) is 22.3 Å². The standard InChI is InChI=1S/C12H7I.C8H18O3S/c13-11-7-3-6-10-8-4-1-2-5-9(8)12(10)11;1-2-3-4-5-6-7-8-12(9,10)11/h1-7H;2-8H2,1H3,(H,9,10,11). The van der Waals surface area contributed by atoms with Crippen molar-refractivity contribution >= 4 is 32.7 Å². The molecule has 5 heteroatoms. The number of rotatable bonds is 7. The molecule has 0 saturated carbocycles. The minimum atomic E-state index is -3.72. The fraction of sp³-hybridized carbons (Fsp3) is 0.400. The minimum Gasteiger partial charge on any atom is -0.286 e. The first-order valence-corrected chi connectivity index (χ1v) is 11.5. The SMILES string of the molecule is CCCCCCCCS(=O)(=O)O.Ic1cccc2c1-c1ccccc1-2. The number of benzene rings is 2. The molecule has 0 radical (unpaired) electrons. The number of halogens is 1. The fourth-order valence-corrected chi connectivity index (χ4v) is 4.32. The molecule has 3 rings (SSSR count). The van der Waals surface area contributed by atoms with Crippen molar-refractivity contribution in [2.24, 2.45) is 0 Å². The molecule has 0 heterocycles. The Labute approximate surface area is 164 Å². The summed E-state index contributed by atoms with van der Waals surface area (Å²) >= 11 is 2.40. The van der Waals surface area contributed by atoms with Gasteiger partial charge in [-0.05, 0) is 51.8 Å². The van der Waals surface area contributed by atoms with E-state index in [2.05, 4.69) is 72.0 Å². The van der Waals surface area contributed by atoms with Crippen LogP contribution in [0.5, 0.6) is 0 Å². The van der Waals surface area contributed by atoms with Gasteiger partial charge in [0.05, 0.1) is 5.75 Å². The first-order chi connectivity index (χ1) is 11.9. The van der Waals surface area contributed by atoms with Gasteiger partial charge in [0.2, 0.25) is 0 Å². The molecule has 0 atom stereocenters. The Kier molecular flexibility index (Phi) is 7.90. The van der Waals surface area contributed by atoms with Crippen LogP contribution in [0.15, 0.2) is 42.5 Å². The highest BCUT2D eigenvalue weighted by molar-refractivity contribution is 14.1. The van der Waals surface area contributed by atoms with E-state index < -0.39 is 10.1 Å². The first kappa shape index (κ1) is 20.4. The zero-order valence-corrected chi connectivity index (χ0v) is 17.5. The van der Waals surface area contributed by atoms with Crippen LogP contribution in [0.2, 0.25) is 0 Å². The third kappa shape index (κ3) is 6.08. The number of unbranched alkanes of at least 4 members (excludes halogenated alkanes) is 5.